The molecule has 0 amide bonds. The van der Waals surface area contributed by atoms with E-state index in [-0.39, 0.29) is 0 Å². The molecule has 0 fully saturated rings. The van der Waals surface area contributed by atoms with Crippen LogP contribution < -0.4 is 28.4 Å². The maximum atomic E-state index is 11.7. The number of fused-ring (bicyclic) bond motifs is 2. The summed E-state index contributed by atoms with van der Waals surface area (Å²) in [4.78, 5) is 23.4. The van der Waals surface area contributed by atoms with Crippen LogP contribution in [0.15, 0.2) is 60.7 Å². The minimum Gasteiger partial charge on any atom is -0.496 e. The van der Waals surface area contributed by atoms with E-state index in [4.69, 9.17) is 37.9 Å². The van der Waals surface area contributed by atoms with E-state index in [0.29, 0.717) is 47.7 Å². The second kappa shape index (κ2) is 15.8. The second-order valence-corrected chi connectivity index (χ2v) is 8.71. The lowest BCUT2D eigenvalue weighted by molar-refractivity contribution is 0.0979. The van der Waals surface area contributed by atoms with Crippen molar-refractivity contribution in [1.82, 2.24) is 0 Å². The van der Waals surface area contributed by atoms with Gasteiger partial charge in [0.2, 0.25) is 0 Å². The first-order chi connectivity index (χ1) is 20.4. The van der Waals surface area contributed by atoms with Crippen LogP contribution in [0.2, 0.25) is 0 Å². The van der Waals surface area contributed by atoms with Crippen molar-refractivity contribution in [1.29, 1.82) is 0 Å². The molecule has 224 valence electrons. The van der Waals surface area contributed by atoms with Crippen molar-refractivity contribution in [2.24, 2.45) is 0 Å². The molecule has 0 unspecified atom stereocenters. The SMILES string of the molecule is CCCOC(=O)Oc1c(OC)cc(OC)c2ccccc12.CCCOC(=O)Oc1cc(OC)c(OC)c2ccccc12. The summed E-state index contributed by atoms with van der Waals surface area (Å²) in [6.45, 7) is 4.47. The predicted molar refractivity (Wildman–Crippen MR) is 159 cm³/mol. The smallest absolute Gasteiger partial charge is 0.496 e. The monoisotopic (exact) mass is 580 g/mol. The molecule has 0 atom stereocenters. The van der Waals surface area contributed by atoms with Crippen molar-refractivity contribution in [2.45, 2.75) is 26.7 Å². The van der Waals surface area contributed by atoms with E-state index in [2.05, 4.69) is 0 Å². The van der Waals surface area contributed by atoms with Crippen LogP contribution in [-0.4, -0.2) is 54.0 Å². The molecule has 10 nitrogen and oxygen atoms in total. The molecule has 4 rings (SSSR count). The van der Waals surface area contributed by atoms with E-state index in [9.17, 15) is 9.59 Å². The Balaban J connectivity index is 0.000000230. The van der Waals surface area contributed by atoms with Gasteiger partial charge >= 0.3 is 12.3 Å². The van der Waals surface area contributed by atoms with Gasteiger partial charge in [-0.2, -0.15) is 0 Å². The first-order valence-electron chi connectivity index (χ1n) is 13.4. The Morgan fingerprint density at radius 3 is 1.45 bits per heavy atom. The predicted octanol–water partition coefficient (Wildman–Crippen LogP) is 7.56. The third-order valence-corrected chi connectivity index (χ3v) is 5.94. The summed E-state index contributed by atoms with van der Waals surface area (Å²) >= 11 is 0. The van der Waals surface area contributed by atoms with Crippen molar-refractivity contribution in [3.63, 3.8) is 0 Å². The van der Waals surface area contributed by atoms with Gasteiger partial charge in [0.05, 0.1) is 41.7 Å². The number of carbonyl (C=O) groups excluding carboxylic acids is 2. The Morgan fingerprint density at radius 2 is 0.952 bits per heavy atom. The largest absolute Gasteiger partial charge is 0.513 e. The summed E-state index contributed by atoms with van der Waals surface area (Å²) in [5.41, 5.74) is 0. The van der Waals surface area contributed by atoms with E-state index in [1.807, 2.05) is 62.4 Å². The Labute approximate surface area is 244 Å². The van der Waals surface area contributed by atoms with Gasteiger partial charge in [-0.15, -0.1) is 0 Å². The van der Waals surface area contributed by atoms with E-state index in [0.717, 1.165) is 34.4 Å². The third-order valence-electron chi connectivity index (χ3n) is 5.94. The second-order valence-electron chi connectivity index (χ2n) is 8.71. The van der Waals surface area contributed by atoms with Crippen LogP contribution in [-0.2, 0) is 9.47 Å². The van der Waals surface area contributed by atoms with Gasteiger partial charge in [0.25, 0.3) is 0 Å². The molecule has 0 saturated carbocycles. The van der Waals surface area contributed by atoms with Crippen molar-refractivity contribution in [3.05, 3.63) is 60.7 Å². The Hall–Kier alpha value is -4.86. The normalized spacial score (nSPS) is 10.2. The zero-order valence-corrected chi connectivity index (χ0v) is 24.7. The van der Waals surface area contributed by atoms with Crippen LogP contribution >= 0.6 is 0 Å². The Bertz CT molecular complexity index is 1500. The fraction of sp³-hybridized carbons (Fsp3) is 0.312. The Morgan fingerprint density at radius 1 is 0.524 bits per heavy atom. The zero-order valence-electron chi connectivity index (χ0n) is 24.7. The molecule has 0 heterocycles. The molecule has 0 spiro atoms. The topological polar surface area (TPSA) is 108 Å². The van der Waals surface area contributed by atoms with Gasteiger partial charge in [-0.05, 0) is 12.8 Å². The van der Waals surface area contributed by atoms with Crippen LogP contribution in [0.1, 0.15) is 26.7 Å². The molecule has 4 aromatic carbocycles. The zero-order chi connectivity index (χ0) is 30.5. The van der Waals surface area contributed by atoms with Gasteiger partial charge in [0.1, 0.15) is 11.5 Å². The van der Waals surface area contributed by atoms with Gasteiger partial charge in [-0.25, -0.2) is 9.59 Å². The maximum absolute atomic E-state index is 11.7. The number of hydrogen-bond donors (Lipinski definition) is 0. The molecule has 0 aliphatic heterocycles. The van der Waals surface area contributed by atoms with Gasteiger partial charge in [0, 0.05) is 33.7 Å². The first-order valence-corrected chi connectivity index (χ1v) is 13.4. The highest BCUT2D eigenvalue weighted by atomic mass is 16.7. The minimum absolute atomic E-state index is 0.315. The van der Waals surface area contributed by atoms with E-state index in [1.54, 1.807) is 26.4 Å². The fourth-order valence-corrected chi connectivity index (χ4v) is 4.06. The van der Waals surface area contributed by atoms with Crippen LogP contribution in [0.3, 0.4) is 0 Å². The van der Waals surface area contributed by atoms with Gasteiger partial charge in [0.15, 0.2) is 23.0 Å². The molecule has 0 N–H and O–H groups in total. The molecule has 0 aliphatic carbocycles. The number of carbonyl (C=O) groups is 2. The summed E-state index contributed by atoms with van der Waals surface area (Å²) in [5, 5.41) is 3.11. The third kappa shape index (κ3) is 7.66. The fourth-order valence-electron chi connectivity index (χ4n) is 4.06. The van der Waals surface area contributed by atoms with Crippen LogP contribution in [0.5, 0.6) is 34.5 Å². The molecule has 0 saturated heterocycles. The van der Waals surface area contributed by atoms with Crippen molar-refractivity contribution < 1.29 is 47.5 Å². The highest BCUT2D eigenvalue weighted by molar-refractivity contribution is 5.97. The standard InChI is InChI=1S/2C16H18O5/c1-4-9-20-16(17)21-13-10-14(18-2)15(19-3)12-8-6-5-7-11(12)13;1-4-9-20-16(17)21-15-12-8-6-5-7-11(12)13(18-2)10-14(15)19-3/h2*5-8,10H,4,9H2,1-3H3. The van der Waals surface area contributed by atoms with E-state index >= 15 is 0 Å². The molecular formula is C32H36O10. The summed E-state index contributed by atoms with van der Waals surface area (Å²) in [5.74, 6) is 2.87. The molecule has 10 heteroatoms. The van der Waals surface area contributed by atoms with Gasteiger partial charge < -0.3 is 37.9 Å². The van der Waals surface area contributed by atoms with Crippen LogP contribution in [0.25, 0.3) is 21.5 Å². The molecule has 0 aliphatic rings. The summed E-state index contributed by atoms with van der Waals surface area (Å²) in [6, 6.07) is 18.2. The van der Waals surface area contributed by atoms with Crippen LogP contribution in [0, 0.1) is 0 Å². The van der Waals surface area contributed by atoms with E-state index < -0.39 is 12.3 Å². The summed E-state index contributed by atoms with van der Waals surface area (Å²) in [7, 11) is 6.19. The quantitative estimate of drug-likeness (QED) is 0.138. The molecular weight excluding hydrogens is 544 g/mol. The average molecular weight is 581 g/mol. The summed E-state index contributed by atoms with van der Waals surface area (Å²) in [6.07, 6.45) is -0.00289. The highest BCUT2D eigenvalue weighted by Gasteiger charge is 2.19. The molecule has 0 radical (unpaired) electrons. The molecule has 4 aromatic rings. The number of ether oxygens (including phenoxy) is 8. The van der Waals surface area contributed by atoms with Crippen molar-refractivity contribution >= 4 is 33.9 Å². The maximum Gasteiger partial charge on any atom is 0.513 e. The molecule has 0 bridgehead atoms. The van der Waals surface area contributed by atoms with E-state index in [1.165, 1.54) is 14.2 Å². The average Bonchev–Trinajstić information content (AvgIpc) is 3.03. The number of methoxy groups -OCH3 is 4. The van der Waals surface area contributed by atoms with Crippen molar-refractivity contribution in [2.75, 3.05) is 41.7 Å². The molecule has 42 heavy (non-hydrogen) atoms. The number of hydrogen-bond acceptors (Lipinski definition) is 10. The Kier molecular flexibility index (Phi) is 11.9. The molecule has 0 aromatic heterocycles. The van der Waals surface area contributed by atoms with Gasteiger partial charge in [-0.3, -0.25) is 0 Å². The highest BCUT2D eigenvalue weighted by Crippen LogP contribution is 2.42. The lowest BCUT2D eigenvalue weighted by Gasteiger charge is -2.14. The van der Waals surface area contributed by atoms with Gasteiger partial charge in [-0.1, -0.05) is 62.4 Å². The summed E-state index contributed by atoms with van der Waals surface area (Å²) < 4.78 is 41.8. The van der Waals surface area contributed by atoms with Crippen LogP contribution in [0.4, 0.5) is 9.59 Å². The lowest BCUT2D eigenvalue weighted by Crippen LogP contribution is -2.12. The lowest BCUT2D eigenvalue weighted by atomic mass is 10.1. The number of benzene rings is 4. The first kappa shape index (κ1) is 31.7. The number of rotatable bonds is 10. The van der Waals surface area contributed by atoms with Crippen molar-refractivity contribution in [3.8, 4) is 34.5 Å². The minimum atomic E-state index is -0.745.